The van der Waals surface area contributed by atoms with Gasteiger partial charge in [0, 0.05) is 12.5 Å². The van der Waals surface area contributed by atoms with E-state index in [0.29, 0.717) is 19.5 Å². The number of rotatable bonds is 1. The third kappa shape index (κ3) is 1.71. The largest absolute Gasteiger partial charge is 0.316 e. The number of hydrogen-bond acceptors (Lipinski definition) is 1. The first-order chi connectivity index (χ1) is 7.11. The molecule has 1 aliphatic heterocycles. The maximum atomic E-state index is 13.3. The molecule has 2 rings (SSSR count). The molecule has 1 nitrogen and oxygen atoms in total. The Morgan fingerprint density at radius 1 is 1.07 bits per heavy atom. The molecule has 1 aromatic carbocycles. The van der Waals surface area contributed by atoms with Gasteiger partial charge in [-0.05, 0) is 24.6 Å². The zero-order valence-corrected chi connectivity index (χ0v) is 7.79. The molecule has 1 fully saturated rings. The van der Waals surface area contributed by atoms with Crippen LogP contribution in [-0.2, 0) is 0 Å². The van der Waals surface area contributed by atoms with Crippen molar-refractivity contribution in [2.24, 2.45) is 0 Å². The first-order valence-corrected chi connectivity index (χ1v) is 4.65. The van der Waals surface area contributed by atoms with Gasteiger partial charge in [0.2, 0.25) is 0 Å². The van der Waals surface area contributed by atoms with Crippen molar-refractivity contribution in [2.45, 2.75) is 12.3 Å². The maximum Gasteiger partial charge on any atom is 0.197 e. The molecule has 0 amide bonds. The van der Waals surface area contributed by atoms with Gasteiger partial charge >= 0.3 is 0 Å². The molecule has 1 N–H and O–H groups in total. The first kappa shape index (κ1) is 10.4. The Labute approximate surface area is 84.1 Å². The molecular weight excluding hydrogens is 210 g/mol. The van der Waals surface area contributed by atoms with E-state index in [4.69, 9.17) is 0 Å². The van der Waals surface area contributed by atoms with Gasteiger partial charge < -0.3 is 5.32 Å². The molecule has 1 heterocycles. The van der Waals surface area contributed by atoms with Crippen LogP contribution in [0.4, 0.5) is 17.6 Å². The fraction of sp³-hybridized carbons (Fsp3) is 0.400. The Morgan fingerprint density at radius 3 is 2.40 bits per heavy atom. The van der Waals surface area contributed by atoms with E-state index in [1.807, 2.05) is 0 Å². The van der Waals surface area contributed by atoms with Crippen LogP contribution in [0.1, 0.15) is 17.9 Å². The summed E-state index contributed by atoms with van der Waals surface area (Å²) in [5.74, 6) is -6.37. The molecule has 0 bridgehead atoms. The lowest BCUT2D eigenvalue weighted by atomic mass is 9.97. The van der Waals surface area contributed by atoms with Crippen LogP contribution < -0.4 is 5.32 Å². The van der Waals surface area contributed by atoms with Crippen molar-refractivity contribution < 1.29 is 17.6 Å². The van der Waals surface area contributed by atoms with Gasteiger partial charge in [-0.3, -0.25) is 0 Å². The Hall–Kier alpha value is -1.10. The topological polar surface area (TPSA) is 12.0 Å². The highest BCUT2D eigenvalue weighted by Crippen LogP contribution is 2.28. The lowest BCUT2D eigenvalue weighted by Gasteiger charge is -2.11. The molecule has 0 radical (unpaired) electrons. The predicted octanol–water partition coefficient (Wildman–Crippen LogP) is 2.32. The van der Waals surface area contributed by atoms with Crippen molar-refractivity contribution in [1.82, 2.24) is 5.32 Å². The van der Waals surface area contributed by atoms with Gasteiger partial charge in [-0.1, -0.05) is 0 Å². The first-order valence-electron chi connectivity index (χ1n) is 4.65. The van der Waals surface area contributed by atoms with E-state index in [1.54, 1.807) is 0 Å². The average molecular weight is 219 g/mol. The lowest BCUT2D eigenvalue weighted by Crippen LogP contribution is -2.11. The average Bonchev–Trinajstić information content (AvgIpc) is 2.73. The fourth-order valence-electron chi connectivity index (χ4n) is 1.81. The summed E-state index contributed by atoms with van der Waals surface area (Å²) in [5, 5.41) is 2.95. The van der Waals surface area contributed by atoms with E-state index in [1.165, 1.54) is 0 Å². The van der Waals surface area contributed by atoms with Crippen molar-refractivity contribution >= 4 is 0 Å². The molecule has 1 aromatic rings. The van der Waals surface area contributed by atoms with Gasteiger partial charge in [-0.25, -0.2) is 17.6 Å². The molecular formula is C10H9F4N. The van der Waals surface area contributed by atoms with Crippen molar-refractivity contribution in [3.63, 3.8) is 0 Å². The minimum absolute atomic E-state index is 0.0867. The molecule has 0 aliphatic carbocycles. The van der Waals surface area contributed by atoms with Crippen molar-refractivity contribution in [3.8, 4) is 0 Å². The molecule has 15 heavy (non-hydrogen) atoms. The standard InChI is InChI=1S/C10H9F4N/c11-7-3-6(5-1-2-15-4-5)8(12)10(14)9(7)13/h3,5,15H,1-2,4H2. The normalized spacial score (nSPS) is 20.9. The molecule has 82 valence electrons. The van der Waals surface area contributed by atoms with Crippen molar-refractivity contribution in [2.75, 3.05) is 13.1 Å². The quantitative estimate of drug-likeness (QED) is 0.434. The predicted molar refractivity (Wildman–Crippen MR) is 46.5 cm³/mol. The summed E-state index contributed by atoms with van der Waals surface area (Å²) in [5.41, 5.74) is -0.0867. The lowest BCUT2D eigenvalue weighted by molar-refractivity contribution is 0.400. The Kier molecular flexibility index (Phi) is 2.65. The number of halogens is 4. The number of hydrogen-bond donors (Lipinski definition) is 1. The van der Waals surface area contributed by atoms with Crippen LogP contribution in [0.3, 0.4) is 0 Å². The van der Waals surface area contributed by atoms with E-state index in [9.17, 15) is 17.6 Å². The number of benzene rings is 1. The molecule has 0 aromatic heterocycles. The van der Waals surface area contributed by atoms with Gasteiger partial charge in [-0.15, -0.1) is 0 Å². The molecule has 1 unspecified atom stereocenters. The highest BCUT2D eigenvalue weighted by molar-refractivity contribution is 5.26. The highest BCUT2D eigenvalue weighted by Gasteiger charge is 2.25. The molecule has 1 saturated heterocycles. The summed E-state index contributed by atoms with van der Waals surface area (Å²) in [6.45, 7) is 1.13. The van der Waals surface area contributed by atoms with Gasteiger partial charge in [0.25, 0.3) is 0 Å². The number of nitrogens with one attached hydrogen (secondary N) is 1. The van der Waals surface area contributed by atoms with Crippen LogP contribution in [0.15, 0.2) is 6.07 Å². The summed E-state index contributed by atoms with van der Waals surface area (Å²) in [4.78, 5) is 0. The van der Waals surface area contributed by atoms with Crippen LogP contribution in [0.2, 0.25) is 0 Å². The Bertz CT molecular complexity index is 385. The molecule has 1 aliphatic rings. The zero-order valence-electron chi connectivity index (χ0n) is 7.79. The third-order valence-corrected chi connectivity index (χ3v) is 2.63. The van der Waals surface area contributed by atoms with Crippen LogP contribution in [0, 0.1) is 23.3 Å². The third-order valence-electron chi connectivity index (χ3n) is 2.63. The van der Waals surface area contributed by atoms with Gasteiger partial charge in [0.05, 0.1) is 0 Å². The SMILES string of the molecule is Fc1cc(C2CCNC2)c(F)c(F)c1F. The van der Waals surface area contributed by atoms with Crippen LogP contribution in [-0.4, -0.2) is 13.1 Å². The van der Waals surface area contributed by atoms with Crippen LogP contribution >= 0.6 is 0 Å². The summed E-state index contributed by atoms with van der Waals surface area (Å²) < 4.78 is 51.7. The minimum atomic E-state index is -1.75. The van der Waals surface area contributed by atoms with Crippen molar-refractivity contribution in [3.05, 3.63) is 34.9 Å². The summed E-state index contributed by atoms with van der Waals surface area (Å²) in [7, 11) is 0. The second-order valence-electron chi connectivity index (χ2n) is 3.58. The molecule has 0 saturated carbocycles. The zero-order chi connectivity index (χ0) is 11.0. The fourth-order valence-corrected chi connectivity index (χ4v) is 1.81. The minimum Gasteiger partial charge on any atom is -0.316 e. The van der Waals surface area contributed by atoms with Gasteiger partial charge in [0.15, 0.2) is 23.3 Å². The van der Waals surface area contributed by atoms with Crippen molar-refractivity contribution in [1.29, 1.82) is 0 Å². The summed E-state index contributed by atoms with van der Waals surface area (Å²) in [6, 6.07) is 0.741. The van der Waals surface area contributed by atoms with Gasteiger partial charge in [0.1, 0.15) is 0 Å². The Morgan fingerprint density at radius 2 is 1.80 bits per heavy atom. The molecule has 5 heteroatoms. The van der Waals surface area contributed by atoms with E-state index in [2.05, 4.69) is 5.32 Å². The maximum absolute atomic E-state index is 13.3. The second-order valence-corrected chi connectivity index (χ2v) is 3.58. The second kappa shape index (κ2) is 3.81. The molecule has 0 spiro atoms. The summed E-state index contributed by atoms with van der Waals surface area (Å²) >= 11 is 0. The Balaban J connectivity index is 2.47. The van der Waals surface area contributed by atoms with Crippen LogP contribution in [0.25, 0.3) is 0 Å². The van der Waals surface area contributed by atoms with E-state index in [-0.39, 0.29) is 11.5 Å². The smallest absolute Gasteiger partial charge is 0.197 e. The monoisotopic (exact) mass is 219 g/mol. The van der Waals surface area contributed by atoms with E-state index < -0.39 is 23.3 Å². The summed E-state index contributed by atoms with van der Waals surface area (Å²) in [6.07, 6.45) is 0.599. The molecule has 1 atom stereocenters. The van der Waals surface area contributed by atoms with Crippen LogP contribution in [0.5, 0.6) is 0 Å². The highest BCUT2D eigenvalue weighted by atomic mass is 19.2. The van der Waals surface area contributed by atoms with Gasteiger partial charge in [-0.2, -0.15) is 0 Å². The van der Waals surface area contributed by atoms with E-state index >= 15 is 0 Å². The van der Waals surface area contributed by atoms with E-state index in [0.717, 1.165) is 6.07 Å².